The lowest BCUT2D eigenvalue weighted by Gasteiger charge is -2.07. The molecule has 1 N–H and O–H groups in total. The number of hydrogen-bond donors (Lipinski definition) is 1. The third-order valence-corrected chi connectivity index (χ3v) is 4.57. The molecular weight excluding hydrogens is 394 g/mol. The van der Waals surface area contributed by atoms with Gasteiger partial charge in [-0.1, -0.05) is 28.1 Å². The first kappa shape index (κ1) is 18.2. The van der Waals surface area contributed by atoms with E-state index in [9.17, 15) is 4.79 Å². The fraction of sp³-hybridized carbons (Fsp3) is 0.200. The van der Waals surface area contributed by atoms with Gasteiger partial charge in [0.1, 0.15) is 11.6 Å². The first-order chi connectivity index (χ1) is 12.6. The van der Waals surface area contributed by atoms with Crippen LogP contribution in [-0.2, 0) is 17.9 Å². The zero-order valence-electron chi connectivity index (χ0n) is 14.7. The van der Waals surface area contributed by atoms with E-state index < -0.39 is 0 Å². The van der Waals surface area contributed by atoms with Crippen LogP contribution >= 0.6 is 15.9 Å². The number of aromatic nitrogens is 2. The maximum atomic E-state index is 12.2. The summed E-state index contributed by atoms with van der Waals surface area (Å²) in [6.07, 6.45) is 3.24. The molecule has 0 aliphatic carbocycles. The number of nitrogens with one attached hydrogen (secondary N) is 1. The predicted molar refractivity (Wildman–Crippen MR) is 107 cm³/mol. The fourth-order valence-electron chi connectivity index (χ4n) is 2.84. The van der Waals surface area contributed by atoms with Gasteiger partial charge in [-0.15, -0.1) is 0 Å². The number of nitrogens with zero attached hydrogens (tertiary/aromatic N) is 2. The molecule has 1 heterocycles. The lowest BCUT2D eigenvalue weighted by Crippen LogP contribution is -2.22. The Morgan fingerprint density at radius 2 is 2.12 bits per heavy atom. The topological polar surface area (TPSA) is 56.2 Å². The number of carbonyl (C=O) groups is 1. The van der Waals surface area contributed by atoms with Gasteiger partial charge in [0.25, 0.3) is 0 Å². The third-order valence-electron chi connectivity index (χ3n) is 4.08. The van der Waals surface area contributed by atoms with Crippen LogP contribution in [0, 0.1) is 0 Å². The van der Waals surface area contributed by atoms with Crippen LogP contribution in [-0.4, -0.2) is 22.6 Å². The maximum Gasteiger partial charge on any atom is 0.244 e. The quantitative estimate of drug-likeness (QED) is 0.617. The van der Waals surface area contributed by atoms with Crippen molar-refractivity contribution in [3.8, 4) is 5.75 Å². The van der Waals surface area contributed by atoms with Gasteiger partial charge in [-0.05, 0) is 43.3 Å². The normalized spacial score (nSPS) is 11.2. The standard InChI is InChI=1S/C20H20BrN3O2/c1-3-24-17-7-5-4-6-16(17)23-19(24)13-22-20(25)11-8-14-12-15(21)9-10-18(14)26-2/h4-12H,3,13H2,1-2H3,(H,22,25)/b11-8+. The Balaban J connectivity index is 1.71. The number of imidazole rings is 1. The summed E-state index contributed by atoms with van der Waals surface area (Å²) >= 11 is 3.43. The highest BCUT2D eigenvalue weighted by Gasteiger charge is 2.09. The van der Waals surface area contributed by atoms with Gasteiger partial charge >= 0.3 is 0 Å². The summed E-state index contributed by atoms with van der Waals surface area (Å²) in [5, 5.41) is 2.90. The summed E-state index contributed by atoms with van der Waals surface area (Å²) in [6.45, 7) is 3.25. The molecular formula is C20H20BrN3O2. The lowest BCUT2D eigenvalue weighted by molar-refractivity contribution is -0.116. The third kappa shape index (κ3) is 3.96. The summed E-state index contributed by atoms with van der Waals surface area (Å²) in [6, 6.07) is 13.6. The Morgan fingerprint density at radius 3 is 2.88 bits per heavy atom. The highest BCUT2D eigenvalue weighted by Crippen LogP contribution is 2.24. The molecule has 2 aromatic carbocycles. The van der Waals surface area contributed by atoms with Crippen LogP contribution in [0.3, 0.4) is 0 Å². The van der Waals surface area contributed by atoms with Crippen molar-refractivity contribution in [3.05, 3.63) is 64.4 Å². The van der Waals surface area contributed by atoms with Crippen molar-refractivity contribution in [2.75, 3.05) is 7.11 Å². The van der Waals surface area contributed by atoms with Crippen LogP contribution in [0.1, 0.15) is 18.3 Å². The largest absolute Gasteiger partial charge is 0.496 e. The average molecular weight is 414 g/mol. The maximum absolute atomic E-state index is 12.2. The molecule has 0 fully saturated rings. The first-order valence-corrected chi connectivity index (χ1v) is 9.15. The number of fused-ring (bicyclic) bond motifs is 1. The number of amides is 1. The number of benzene rings is 2. The molecule has 0 aliphatic rings. The SMILES string of the molecule is CCn1c(CNC(=O)/C=C/c2cc(Br)ccc2OC)nc2ccccc21. The smallest absolute Gasteiger partial charge is 0.244 e. The number of halogens is 1. The Morgan fingerprint density at radius 1 is 1.31 bits per heavy atom. The zero-order valence-corrected chi connectivity index (χ0v) is 16.3. The second kappa shape index (κ2) is 8.19. The highest BCUT2D eigenvalue weighted by atomic mass is 79.9. The molecule has 6 heteroatoms. The van der Waals surface area contributed by atoms with Gasteiger partial charge in [-0.25, -0.2) is 4.98 Å². The summed E-state index contributed by atoms with van der Waals surface area (Å²) in [7, 11) is 1.61. The minimum Gasteiger partial charge on any atom is -0.496 e. The van der Waals surface area contributed by atoms with E-state index in [1.807, 2.05) is 42.5 Å². The molecule has 26 heavy (non-hydrogen) atoms. The Labute approximate surface area is 160 Å². The van der Waals surface area contributed by atoms with Crippen LogP contribution in [0.4, 0.5) is 0 Å². The molecule has 0 bridgehead atoms. The molecule has 1 amide bonds. The summed E-state index contributed by atoms with van der Waals surface area (Å²) in [5.74, 6) is 1.38. The zero-order chi connectivity index (χ0) is 18.5. The van der Waals surface area contributed by atoms with Crippen molar-refractivity contribution in [1.29, 1.82) is 0 Å². The van der Waals surface area contributed by atoms with Crippen molar-refractivity contribution >= 4 is 38.9 Å². The number of aryl methyl sites for hydroxylation is 1. The van der Waals surface area contributed by atoms with Gasteiger partial charge in [0, 0.05) is 22.7 Å². The fourth-order valence-corrected chi connectivity index (χ4v) is 3.22. The summed E-state index contributed by atoms with van der Waals surface area (Å²) in [4.78, 5) is 16.8. The highest BCUT2D eigenvalue weighted by molar-refractivity contribution is 9.10. The van der Waals surface area contributed by atoms with Crippen molar-refractivity contribution in [2.24, 2.45) is 0 Å². The van der Waals surface area contributed by atoms with Crippen molar-refractivity contribution < 1.29 is 9.53 Å². The molecule has 3 aromatic rings. The van der Waals surface area contributed by atoms with E-state index in [1.54, 1.807) is 13.2 Å². The number of ether oxygens (including phenoxy) is 1. The van der Waals surface area contributed by atoms with Crippen LogP contribution in [0.5, 0.6) is 5.75 Å². The van der Waals surface area contributed by atoms with E-state index in [1.165, 1.54) is 6.08 Å². The van der Waals surface area contributed by atoms with Crippen LogP contribution in [0.2, 0.25) is 0 Å². The molecule has 0 saturated heterocycles. The number of carbonyl (C=O) groups excluding carboxylic acids is 1. The Bertz CT molecular complexity index is 963. The Hall–Kier alpha value is -2.60. The van der Waals surface area contributed by atoms with E-state index in [0.29, 0.717) is 12.3 Å². The molecule has 134 valence electrons. The van der Waals surface area contributed by atoms with Crippen LogP contribution in [0.15, 0.2) is 53.0 Å². The van der Waals surface area contributed by atoms with Crippen molar-refractivity contribution in [1.82, 2.24) is 14.9 Å². The summed E-state index contributed by atoms with van der Waals surface area (Å²) < 4.78 is 8.34. The monoisotopic (exact) mass is 413 g/mol. The van der Waals surface area contributed by atoms with Gasteiger partial charge in [0.15, 0.2) is 0 Å². The van der Waals surface area contributed by atoms with E-state index in [0.717, 1.165) is 33.4 Å². The van der Waals surface area contributed by atoms with Gasteiger partial charge < -0.3 is 14.6 Å². The number of hydrogen-bond acceptors (Lipinski definition) is 3. The second-order valence-electron chi connectivity index (χ2n) is 5.70. The molecule has 1 aromatic heterocycles. The first-order valence-electron chi connectivity index (χ1n) is 8.36. The average Bonchev–Trinajstić information content (AvgIpc) is 3.02. The minimum atomic E-state index is -0.179. The van der Waals surface area contributed by atoms with E-state index in [2.05, 4.69) is 37.7 Å². The molecule has 0 atom stereocenters. The molecule has 3 rings (SSSR count). The van der Waals surface area contributed by atoms with Gasteiger partial charge in [0.2, 0.25) is 5.91 Å². The van der Waals surface area contributed by atoms with Crippen LogP contribution in [0.25, 0.3) is 17.1 Å². The number of methoxy groups -OCH3 is 1. The molecule has 0 radical (unpaired) electrons. The van der Waals surface area contributed by atoms with E-state index >= 15 is 0 Å². The Kier molecular flexibility index (Phi) is 5.73. The summed E-state index contributed by atoms with van der Waals surface area (Å²) in [5.41, 5.74) is 2.85. The van der Waals surface area contributed by atoms with E-state index in [4.69, 9.17) is 4.74 Å². The molecule has 0 spiro atoms. The van der Waals surface area contributed by atoms with Crippen LogP contribution < -0.4 is 10.1 Å². The van der Waals surface area contributed by atoms with Crippen molar-refractivity contribution in [3.63, 3.8) is 0 Å². The lowest BCUT2D eigenvalue weighted by atomic mass is 10.2. The second-order valence-corrected chi connectivity index (χ2v) is 6.61. The molecule has 0 aliphatic heterocycles. The minimum absolute atomic E-state index is 0.179. The van der Waals surface area contributed by atoms with Gasteiger partial charge in [-0.3, -0.25) is 4.79 Å². The molecule has 0 unspecified atom stereocenters. The molecule has 5 nitrogen and oxygen atoms in total. The van der Waals surface area contributed by atoms with Crippen molar-refractivity contribution in [2.45, 2.75) is 20.0 Å². The molecule has 0 saturated carbocycles. The number of rotatable bonds is 6. The van der Waals surface area contributed by atoms with E-state index in [-0.39, 0.29) is 5.91 Å². The van der Waals surface area contributed by atoms with Gasteiger partial charge in [0.05, 0.1) is 24.7 Å². The predicted octanol–water partition coefficient (Wildman–Crippen LogP) is 4.16. The van der Waals surface area contributed by atoms with Gasteiger partial charge in [-0.2, -0.15) is 0 Å². The number of para-hydroxylation sites is 2.